The van der Waals surface area contributed by atoms with Crippen LogP contribution < -0.4 is 0 Å². The summed E-state index contributed by atoms with van der Waals surface area (Å²) in [5, 5.41) is 1.13. The van der Waals surface area contributed by atoms with Crippen molar-refractivity contribution >= 4 is 29.8 Å². The second-order valence-electron chi connectivity index (χ2n) is 4.74. The van der Waals surface area contributed by atoms with Crippen molar-refractivity contribution in [2.75, 3.05) is 6.61 Å². The molecule has 0 aromatic carbocycles. The summed E-state index contributed by atoms with van der Waals surface area (Å²) in [6.07, 6.45) is -1.01. The highest BCUT2D eigenvalue weighted by Crippen LogP contribution is 2.21. The van der Waals surface area contributed by atoms with Crippen molar-refractivity contribution in [3.8, 4) is 0 Å². The van der Waals surface area contributed by atoms with E-state index in [0.29, 0.717) is 17.2 Å². The molecule has 2 aliphatic rings. The van der Waals surface area contributed by atoms with E-state index in [1.54, 1.807) is 0 Å². The number of ether oxygens (including phenoxy) is 1. The second-order valence-corrected chi connectivity index (χ2v) is 4.74. The van der Waals surface area contributed by atoms with Crippen molar-refractivity contribution in [1.29, 1.82) is 0 Å². The lowest BCUT2D eigenvalue weighted by Gasteiger charge is -2.15. The van der Waals surface area contributed by atoms with Gasteiger partial charge in [-0.05, 0) is 6.42 Å². The van der Waals surface area contributed by atoms with Gasteiger partial charge in [0.1, 0.15) is 6.61 Å². The van der Waals surface area contributed by atoms with Gasteiger partial charge >= 0.3 is 12.1 Å². The Morgan fingerprint density at radius 3 is 2.04 bits per heavy atom. The molecule has 2 saturated heterocycles. The quantitative estimate of drug-likeness (QED) is 0.518. The molecule has 124 valence electrons. The Hall–Kier alpha value is -2.91. The zero-order valence-corrected chi connectivity index (χ0v) is 12.1. The van der Waals surface area contributed by atoms with E-state index in [2.05, 4.69) is 21.0 Å². The average molecular weight is 326 g/mol. The van der Waals surface area contributed by atoms with Crippen molar-refractivity contribution < 1.29 is 38.4 Å². The first-order valence-corrected chi connectivity index (χ1v) is 6.80. The number of amides is 3. The van der Waals surface area contributed by atoms with Crippen molar-refractivity contribution in [2.45, 2.75) is 32.1 Å². The van der Waals surface area contributed by atoms with Gasteiger partial charge in [-0.2, -0.15) is 0 Å². The van der Waals surface area contributed by atoms with Gasteiger partial charge in [-0.15, -0.1) is 10.1 Å². The van der Waals surface area contributed by atoms with E-state index in [1.807, 2.05) is 0 Å². The van der Waals surface area contributed by atoms with Crippen molar-refractivity contribution in [2.24, 2.45) is 0 Å². The minimum atomic E-state index is -1.18. The minimum absolute atomic E-state index is 0.0112. The van der Waals surface area contributed by atoms with Gasteiger partial charge < -0.3 is 9.57 Å². The van der Waals surface area contributed by atoms with Crippen molar-refractivity contribution in [3.63, 3.8) is 0 Å². The Morgan fingerprint density at radius 2 is 1.48 bits per heavy atom. The number of hydrogen-bond acceptors (Lipinski definition) is 8. The molecule has 0 aliphatic carbocycles. The molecule has 0 aromatic heterocycles. The molecule has 2 aliphatic heterocycles. The first-order chi connectivity index (χ1) is 10.9. The first kappa shape index (κ1) is 16.5. The Labute approximate surface area is 130 Å². The third kappa shape index (κ3) is 4.05. The summed E-state index contributed by atoms with van der Waals surface area (Å²) < 4.78 is 4.60. The molecule has 0 saturated carbocycles. The van der Waals surface area contributed by atoms with E-state index in [-0.39, 0.29) is 25.7 Å². The molecule has 2 heterocycles. The monoisotopic (exact) mass is 326 g/mol. The zero-order valence-electron chi connectivity index (χ0n) is 12.1. The van der Waals surface area contributed by atoms with Crippen LogP contribution in [-0.4, -0.2) is 46.6 Å². The molecule has 0 radical (unpaired) electrons. The Bertz CT molecular complexity index is 503. The van der Waals surface area contributed by atoms with E-state index in [4.69, 9.17) is 0 Å². The molecular formula is C13H14N2O8. The highest BCUT2D eigenvalue weighted by atomic mass is 16.8. The molecule has 2 fully saturated rings. The summed E-state index contributed by atoms with van der Waals surface area (Å²) in [7, 11) is 0. The third-order valence-electron chi connectivity index (χ3n) is 3.03. The lowest BCUT2D eigenvalue weighted by molar-refractivity contribution is -0.198. The van der Waals surface area contributed by atoms with Crippen LogP contribution in [0.25, 0.3) is 0 Å². The van der Waals surface area contributed by atoms with E-state index in [9.17, 15) is 24.0 Å². The lowest BCUT2D eigenvalue weighted by Crippen LogP contribution is -2.32. The van der Waals surface area contributed by atoms with Crippen LogP contribution >= 0.6 is 0 Å². The summed E-state index contributed by atoms with van der Waals surface area (Å²) in [5.41, 5.74) is 0.331. The molecule has 0 spiro atoms. The van der Waals surface area contributed by atoms with Gasteiger partial charge in [0.15, 0.2) is 0 Å². The number of hydrogen-bond donors (Lipinski definition) is 0. The summed E-state index contributed by atoms with van der Waals surface area (Å²) in [5.74, 6) is -2.54. The van der Waals surface area contributed by atoms with Crippen LogP contribution in [0.1, 0.15) is 32.1 Å². The molecule has 10 nitrogen and oxygen atoms in total. The first-order valence-electron chi connectivity index (χ1n) is 6.80. The number of allylic oxidation sites excluding steroid dienone is 1. The van der Waals surface area contributed by atoms with Crippen LogP contribution in [0, 0.1) is 0 Å². The minimum Gasteiger partial charge on any atom is -0.432 e. The fraction of sp³-hybridized carbons (Fsp3) is 0.462. The van der Waals surface area contributed by atoms with Crippen LogP contribution in [0.15, 0.2) is 12.3 Å². The topological polar surface area (TPSA) is 120 Å². The van der Waals surface area contributed by atoms with Crippen molar-refractivity contribution in [1.82, 2.24) is 10.1 Å². The normalized spacial score (nSPS) is 17.7. The molecule has 0 N–H and O–H groups in total. The van der Waals surface area contributed by atoms with Crippen LogP contribution in [0.5, 0.6) is 0 Å². The maximum absolute atomic E-state index is 11.4. The molecular weight excluding hydrogens is 312 g/mol. The second kappa shape index (κ2) is 6.90. The number of carbonyl (C=O) groups excluding carboxylic acids is 5. The van der Waals surface area contributed by atoms with Crippen LogP contribution in [0.4, 0.5) is 4.79 Å². The number of rotatable bonds is 5. The van der Waals surface area contributed by atoms with E-state index in [1.165, 1.54) is 0 Å². The highest BCUT2D eigenvalue weighted by molar-refractivity contribution is 6.01. The van der Waals surface area contributed by atoms with Crippen molar-refractivity contribution in [3.05, 3.63) is 12.3 Å². The number of nitrogens with zero attached hydrogens (tertiary/aromatic N) is 2. The molecule has 2 rings (SSSR count). The van der Waals surface area contributed by atoms with Gasteiger partial charge in [0, 0.05) is 19.3 Å². The van der Waals surface area contributed by atoms with Gasteiger partial charge in [-0.3, -0.25) is 19.2 Å². The number of hydroxylamine groups is 4. The SMILES string of the molecule is C=C1CCC(=O)N1OC(=O)OCCC(=O)ON1C(=O)CCC1=O. The molecule has 23 heavy (non-hydrogen) atoms. The third-order valence-corrected chi connectivity index (χ3v) is 3.03. The van der Waals surface area contributed by atoms with E-state index < -0.39 is 36.5 Å². The van der Waals surface area contributed by atoms with Gasteiger partial charge in [0.2, 0.25) is 0 Å². The van der Waals surface area contributed by atoms with Gasteiger partial charge in [0.05, 0.1) is 12.1 Å². The predicted octanol–water partition coefficient (Wildman–Crippen LogP) is 0.188. The van der Waals surface area contributed by atoms with E-state index in [0.717, 1.165) is 5.06 Å². The summed E-state index contributed by atoms with van der Waals surface area (Å²) in [6, 6.07) is 0. The standard InChI is InChI=1S/C13H14N2O8/c1-8-2-3-9(16)14(8)23-13(20)21-7-6-12(19)22-15-10(17)4-5-11(15)18/h1-7H2. The average Bonchev–Trinajstić information content (AvgIpc) is 2.97. The zero-order chi connectivity index (χ0) is 17.0. The largest absolute Gasteiger partial charge is 0.533 e. The fourth-order valence-corrected chi connectivity index (χ4v) is 1.87. The van der Waals surface area contributed by atoms with Crippen LogP contribution in [0.3, 0.4) is 0 Å². The highest BCUT2D eigenvalue weighted by Gasteiger charge is 2.33. The number of imide groups is 1. The smallest absolute Gasteiger partial charge is 0.432 e. The van der Waals surface area contributed by atoms with Gasteiger partial charge in [-0.1, -0.05) is 6.58 Å². The maximum Gasteiger partial charge on any atom is 0.533 e. The summed E-state index contributed by atoms with van der Waals surface area (Å²) in [6.45, 7) is 3.15. The Kier molecular flexibility index (Phi) is 4.94. The molecule has 10 heteroatoms. The molecule has 0 atom stereocenters. The van der Waals surface area contributed by atoms with Crippen LogP contribution in [0.2, 0.25) is 0 Å². The number of carbonyl (C=O) groups is 5. The molecule has 0 aromatic rings. The van der Waals surface area contributed by atoms with Gasteiger partial charge in [0.25, 0.3) is 17.7 Å². The van der Waals surface area contributed by atoms with Gasteiger partial charge in [-0.25, -0.2) is 9.59 Å². The summed E-state index contributed by atoms with van der Waals surface area (Å²) in [4.78, 5) is 65.8. The lowest BCUT2D eigenvalue weighted by atomic mass is 10.3. The molecule has 0 bridgehead atoms. The molecule has 3 amide bonds. The Morgan fingerprint density at radius 1 is 0.913 bits per heavy atom. The van der Waals surface area contributed by atoms with Crippen LogP contribution in [-0.2, 0) is 33.6 Å². The Balaban J connectivity index is 1.68. The molecule has 0 unspecified atom stereocenters. The maximum atomic E-state index is 11.4. The summed E-state index contributed by atoms with van der Waals surface area (Å²) >= 11 is 0. The fourth-order valence-electron chi connectivity index (χ4n) is 1.87. The van der Waals surface area contributed by atoms with E-state index >= 15 is 0 Å². The predicted molar refractivity (Wildman–Crippen MR) is 69.4 cm³/mol.